The molecule has 2 N–H and O–H groups in total. The van der Waals surface area contributed by atoms with Crippen LogP contribution in [0.15, 0.2) is 24.5 Å². The van der Waals surface area contributed by atoms with Gasteiger partial charge in [-0.2, -0.15) is 0 Å². The van der Waals surface area contributed by atoms with E-state index in [1.807, 2.05) is 20.8 Å². The van der Waals surface area contributed by atoms with Crippen molar-refractivity contribution in [3.05, 3.63) is 30.1 Å². The maximum absolute atomic E-state index is 12.5. The predicted molar refractivity (Wildman–Crippen MR) is 106 cm³/mol. The molecule has 1 aromatic heterocycles. The van der Waals surface area contributed by atoms with Gasteiger partial charge in [0.1, 0.15) is 6.33 Å². The smallest absolute Gasteiger partial charge is 0.478 e. The fraction of sp³-hybridized carbons (Fsp3) is 0.500. The summed E-state index contributed by atoms with van der Waals surface area (Å²) in [5.41, 5.74) is 1.12. The van der Waals surface area contributed by atoms with Crippen LogP contribution in [-0.4, -0.2) is 61.8 Å². The number of nitrogens with zero attached hydrogens (tertiary/aromatic N) is 2. The summed E-state index contributed by atoms with van der Waals surface area (Å²) in [7, 11) is -2.72. The number of nitrogens with one attached hydrogen (secondary N) is 1. The molecule has 2 rings (SSSR count). The van der Waals surface area contributed by atoms with E-state index in [9.17, 15) is 9.59 Å². The van der Waals surface area contributed by atoms with Crippen molar-refractivity contribution in [2.24, 2.45) is 0 Å². The monoisotopic (exact) mass is 409 g/mol. The summed E-state index contributed by atoms with van der Waals surface area (Å²) < 4.78 is 18.7. The van der Waals surface area contributed by atoms with E-state index in [2.05, 4.69) is 10.3 Å². The number of amides is 1. The summed E-state index contributed by atoms with van der Waals surface area (Å²) in [5, 5.41) is 11.9. The van der Waals surface area contributed by atoms with Crippen molar-refractivity contribution >= 4 is 31.8 Å². The van der Waals surface area contributed by atoms with Gasteiger partial charge in [0.15, 0.2) is 0 Å². The Morgan fingerprint density at radius 1 is 1.14 bits per heavy atom. The van der Waals surface area contributed by atoms with Gasteiger partial charge >= 0.3 is 20.8 Å². The van der Waals surface area contributed by atoms with Crippen LogP contribution in [0.2, 0.25) is 6.04 Å². The Balaban J connectivity index is 1.96. The highest BCUT2D eigenvalue weighted by Gasteiger charge is 2.39. The number of carbonyl (C=O) groups is 2. The Labute approximate surface area is 165 Å². The maximum atomic E-state index is 12.5. The van der Waals surface area contributed by atoms with Crippen molar-refractivity contribution in [2.45, 2.75) is 33.2 Å². The van der Waals surface area contributed by atoms with Crippen LogP contribution < -0.4 is 5.32 Å². The van der Waals surface area contributed by atoms with Gasteiger partial charge in [-0.05, 0) is 45.4 Å². The lowest BCUT2D eigenvalue weighted by atomic mass is 10.2. The van der Waals surface area contributed by atoms with Gasteiger partial charge in [0.2, 0.25) is 0 Å². The lowest BCUT2D eigenvalue weighted by Crippen LogP contribution is -2.46. The number of carboxylic acid groups (broad SMARTS) is 1. The third-order valence-corrected chi connectivity index (χ3v) is 7.19. The van der Waals surface area contributed by atoms with Crippen LogP contribution in [0.1, 0.15) is 37.6 Å². The Morgan fingerprint density at radius 3 is 2.36 bits per heavy atom. The standard InChI is InChI=1S/C18H27N3O6Si/c1-4-25-28(26-5-2,27-6-3)11-7-10-19-18(24)21-13-20-15-12-14(17(22)23)8-9-16(15)21/h8-9,12-13H,4-7,10-11H2,1-3H3,(H,19,24)(H,22,23). The molecule has 0 aliphatic heterocycles. The molecule has 9 nitrogen and oxygen atoms in total. The zero-order valence-electron chi connectivity index (χ0n) is 16.4. The molecule has 10 heteroatoms. The van der Waals surface area contributed by atoms with Crippen LogP contribution in [-0.2, 0) is 13.3 Å². The fourth-order valence-corrected chi connectivity index (χ4v) is 5.51. The van der Waals surface area contributed by atoms with Crippen molar-refractivity contribution in [1.82, 2.24) is 14.9 Å². The van der Waals surface area contributed by atoms with E-state index in [1.54, 1.807) is 6.07 Å². The lowest BCUT2D eigenvalue weighted by molar-refractivity contribution is 0.0692. The molecule has 1 amide bonds. The van der Waals surface area contributed by atoms with Gasteiger partial charge < -0.3 is 23.7 Å². The molecule has 1 heterocycles. The number of aromatic carboxylic acids is 1. The van der Waals surface area contributed by atoms with Crippen LogP contribution in [0, 0.1) is 0 Å². The van der Waals surface area contributed by atoms with E-state index in [1.165, 1.54) is 23.0 Å². The summed E-state index contributed by atoms with van der Waals surface area (Å²) >= 11 is 0. The Bertz CT molecular complexity index is 793. The molecular weight excluding hydrogens is 382 g/mol. The molecule has 154 valence electrons. The van der Waals surface area contributed by atoms with Crippen molar-refractivity contribution in [1.29, 1.82) is 0 Å². The first-order chi connectivity index (χ1) is 13.5. The molecular formula is C18H27N3O6Si. The molecule has 0 atom stereocenters. The third-order valence-electron chi connectivity index (χ3n) is 4.04. The van der Waals surface area contributed by atoms with Crippen molar-refractivity contribution in [2.75, 3.05) is 26.4 Å². The van der Waals surface area contributed by atoms with Crippen LogP contribution >= 0.6 is 0 Å². The van der Waals surface area contributed by atoms with Gasteiger partial charge in [0.05, 0.1) is 16.6 Å². The van der Waals surface area contributed by atoms with E-state index in [0.717, 1.165) is 0 Å². The minimum atomic E-state index is -2.72. The van der Waals surface area contributed by atoms with E-state index >= 15 is 0 Å². The molecule has 28 heavy (non-hydrogen) atoms. The first-order valence-electron chi connectivity index (χ1n) is 9.36. The summed E-state index contributed by atoms with van der Waals surface area (Å²) in [6.45, 7) is 7.67. The van der Waals surface area contributed by atoms with E-state index in [4.69, 9.17) is 18.4 Å². The van der Waals surface area contributed by atoms with Gasteiger partial charge in [-0.15, -0.1) is 0 Å². The van der Waals surface area contributed by atoms with Gasteiger partial charge in [-0.1, -0.05) is 0 Å². The molecule has 0 saturated heterocycles. The largest absolute Gasteiger partial charge is 0.500 e. The Kier molecular flexibility index (Phi) is 8.12. The number of carbonyl (C=O) groups excluding carboxylic acids is 1. The highest BCUT2D eigenvalue weighted by molar-refractivity contribution is 6.60. The number of benzene rings is 1. The lowest BCUT2D eigenvalue weighted by Gasteiger charge is -2.28. The van der Waals surface area contributed by atoms with Crippen molar-refractivity contribution < 1.29 is 28.0 Å². The minimum absolute atomic E-state index is 0.127. The third kappa shape index (κ3) is 5.38. The molecule has 0 unspecified atom stereocenters. The van der Waals surface area contributed by atoms with Crippen LogP contribution in [0.5, 0.6) is 0 Å². The normalized spacial score (nSPS) is 11.7. The number of imidazole rings is 1. The minimum Gasteiger partial charge on any atom is -0.478 e. The predicted octanol–water partition coefficient (Wildman–Crippen LogP) is 2.73. The number of hydrogen-bond acceptors (Lipinski definition) is 6. The van der Waals surface area contributed by atoms with E-state index in [0.29, 0.717) is 49.9 Å². The zero-order valence-corrected chi connectivity index (χ0v) is 17.4. The second kappa shape index (κ2) is 10.3. The van der Waals surface area contributed by atoms with E-state index < -0.39 is 14.8 Å². The first kappa shape index (κ1) is 22.0. The number of rotatable bonds is 11. The van der Waals surface area contributed by atoms with Crippen molar-refractivity contribution in [3.63, 3.8) is 0 Å². The molecule has 0 saturated carbocycles. The molecule has 2 aromatic rings. The second-order valence-corrected chi connectivity index (χ2v) is 8.67. The highest BCUT2D eigenvalue weighted by atomic mass is 28.4. The maximum Gasteiger partial charge on any atom is 0.500 e. The summed E-state index contributed by atoms with van der Waals surface area (Å²) in [4.78, 5) is 27.6. The van der Waals surface area contributed by atoms with Gasteiger partial charge in [-0.25, -0.2) is 14.6 Å². The van der Waals surface area contributed by atoms with Crippen LogP contribution in [0.4, 0.5) is 4.79 Å². The number of hydrogen-bond donors (Lipinski definition) is 2. The average molecular weight is 410 g/mol. The molecule has 0 fully saturated rings. The average Bonchev–Trinajstić information content (AvgIpc) is 3.09. The van der Waals surface area contributed by atoms with E-state index in [-0.39, 0.29) is 11.6 Å². The number of carboxylic acids is 1. The van der Waals surface area contributed by atoms with Crippen LogP contribution in [0.3, 0.4) is 0 Å². The molecule has 0 aliphatic rings. The number of aromatic nitrogens is 2. The topological polar surface area (TPSA) is 112 Å². The molecule has 0 radical (unpaired) electrons. The first-order valence-corrected chi connectivity index (χ1v) is 11.3. The zero-order chi connectivity index (χ0) is 20.6. The second-order valence-electron chi connectivity index (χ2n) is 5.94. The molecule has 1 aromatic carbocycles. The van der Waals surface area contributed by atoms with Gasteiger partial charge in [0.25, 0.3) is 0 Å². The molecule has 0 spiro atoms. The van der Waals surface area contributed by atoms with Gasteiger partial charge in [-0.3, -0.25) is 4.57 Å². The quantitative estimate of drug-likeness (QED) is 0.433. The summed E-state index contributed by atoms with van der Waals surface area (Å²) in [6.07, 6.45) is 2.03. The number of fused-ring (bicyclic) bond motifs is 1. The molecule has 0 bridgehead atoms. The summed E-state index contributed by atoms with van der Waals surface area (Å²) in [6, 6.07) is 4.73. The highest BCUT2D eigenvalue weighted by Crippen LogP contribution is 2.18. The summed E-state index contributed by atoms with van der Waals surface area (Å²) in [5.74, 6) is -1.04. The fourth-order valence-electron chi connectivity index (χ4n) is 2.89. The van der Waals surface area contributed by atoms with Gasteiger partial charge in [0, 0.05) is 32.4 Å². The Morgan fingerprint density at radius 2 is 1.79 bits per heavy atom. The Hall–Kier alpha value is -2.27. The van der Waals surface area contributed by atoms with Crippen molar-refractivity contribution in [3.8, 4) is 0 Å². The molecule has 0 aliphatic carbocycles. The SMILES string of the molecule is CCO[Si](CCCNC(=O)n1cnc2cc(C(=O)O)ccc21)(OCC)OCC. The van der Waals surface area contributed by atoms with Crippen LogP contribution in [0.25, 0.3) is 11.0 Å².